The number of benzene rings is 1. The molecule has 1 aliphatic heterocycles. The summed E-state index contributed by atoms with van der Waals surface area (Å²) in [5.41, 5.74) is -1.00. The predicted octanol–water partition coefficient (Wildman–Crippen LogP) is 2.35. The molecule has 1 atom stereocenters. The molecule has 0 radical (unpaired) electrons. The van der Waals surface area contributed by atoms with Crippen LogP contribution in [-0.4, -0.2) is 39.0 Å². The van der Waals surface area contributed by atoms with Crippen molar-refractivity contribution in [1.29, 1.82) is 0 Å². The maximum absolute atomic E-state index is 12.4. The number of pyridine rings is 1. The van der Waals surface area contributed by atoms with Gasteiger partial charge in [-0.2, -0.15) is 0 Å². The normalized spacial score (nSPS) is 19.3. The number of rotatable bonds is 6. The molecule has 0 spiro atoms. The largest absolute Gasteiger partial charge is 0.477 e. The first-order valence-electron chi connectivity index (χ1n) is 9.01. The fourth-order valence-corrected chi connectivity index (χ4v) is 3.52. The van der Waals surface area contributed by atoms with E-state index in [2.05, 4.69) is 0 Å². The molecular weight excluding hydrogens is 348 g/mol. The smallest absolute Gasteiger partial charge is 0.341 e. The maximum atomic E-state index is 12.4. The van der Waals surface area contributed by atoms with Crippen LogP contribution in [0.15, 0.2) is 47.5 Å². The van der Waals surface area contributed by atoms with Crippen LogP contribution in [0.5, 0.6) is 11.5 Å². The molecule has 1 saturated carbocycles. The van der Waals surface area contributed by atoms with Crippen molar-refractivity contribution < 1.29 is 19.4 Å². The second-order valence-electron chi connectivity index (χ2n) is 7.13. The second-order valence-corrected chi connectivity index (χ2v) is 7.13. The number of hydrogen-bond acceptors (Lipinski definition) is 4. The molecule has 1 N–H and O–H groups in total. The SMILES string of the molecule is O=C(O)c1cn(CC2CC(=O)N(C3CC3)C2)cc(Oc2ccccc2)c1=O. The van der Waals surface area contributed by atoms with Crippen molar-refractivity contribution in [3.63, 3.8) is 0 Å². The van der Waals surface area contributed by atoms with Crippen LogP contribution in [0.3, 0.4) is 0 Å². The van der Waals surface area contributed by atoms with E-state index in [0.717, 1.165) is 12.8 Å². The van der Waals surface area contributed by atoms with E-state index in [1.54, 1.807) is 28.8 Å². The average molecular weight is 368 g/mol. The zero-order valence-electron chi connectivity index (χ0n) is 14.7. The summed E-state index contributed by atoms with van der Waals surface area (Å²) in [6, 6.07) is 9.13. The Morgan fingerprint density at radius 1 is 1.15 bits per heavy atom. The number of para-hydroxylation sites is 1. The monoisotopic (exact) mass is 368 g/mol. The van der Waals surface area contributed by atoms with Gasteiger partial charge in [-0.3, -0.25) is 9.59 Å². The van der Waals surface area contributed by atoms with Crippen LogP contribution in [0.4, 0.5) is 0 Å². The fraction of sp³-hybridized carbons (Fsp3) is 0.350. The van der Waals surface area contributed by atoms with Crippen LogP contribution >= 0.6 is 0 Å². The summed E-state index contributed by atoms with van der Waals surface area (Å²) in [6.45, 7) is 1.13. The highest BCUT2D eigenvalue weighted by atomic mass is 16.5. The first kappa shape index (κ1) is 17.3. The Labute approximate surface area is 155 Å². The molecule has 1 saturated heterocycles. The van der Waals surface area contributed by atoms with Crippen molar-refractivity contribution >= 4 is 11.9 Å². The Balaban J connectivity index is 1.59. The van der Waals surface area contributed by atoms with E-state index in [0.29, 0.717) is 31.3 Å². The molecule has 1 aliphatic carbocycles. The van der Waals surface area contributed by atoms with Crippen molar-refractivity contribution in [2.45, 2.75) is 31.8 Å². The molecule has 7 nitrogen and oxygen atoms in total. The third kappa shape index (κ3) is 3.72. The molecular formula is C20H20N2O5. The zero-order chi connectivity index (χ0) is 19.0. The number of carbonyl (C=O) groups is 2. The quantitative estimate of drug-likeness (QED) is 0.845. The number of ether oxygens (including phenoxy) is 1. The van der Waals surface area contributed by atoms with Gasteiger partial charge in [-0.1, -0.05) is 18.2 Å². The van der Waals surface area contributed by atoms with Crippen LogP contribution in [-0.2, 0) is 11.3 Å². The Bertz CT molecular complexity index is 933. The van der Waals surface area contributed by atoms with Gasteiger partial charge in [0.25, 0.3) is 0 Å². The number of aromatic carboxylic acids is 1. The standard InChI is InChI=1S/C20H20N2O5/c23-18-8-13(10-22(18)14-6-7-14)9-21-11-16(20(25)26)19(24)17(12-21)27-15-4-2-1-3-5-15/h1-5,11-14H,6-10H2,(H,25,26). The van der Waals surface area contributed by atoms with E-state index in [4.69, 9.17) is 4.74 Å². The molecule has 1 aromatic carbocycles. The fourth-order valence-electron chi connectivity index (χ4n) is 3.52. The lowest BCUT2D eigenvalue weighted by atomic mass is 10.1. The lowest BCUT2D eigenvalue weighted by Crippen LogP contribution is -2.28. The Kier molecular flexibility index (Phi) is 4.43. The minimum Gasteiger partial charge on any atom is -0.477 e. The average Bonchev–Trinajstić information content (AvgIpc) is 3.42. The van der Waals surface area contributed by atoms with Crippen LogP contribution in [0.1, 0.15) is 29.6 Å². The summed E-state index contributed by atoms with van der Waals surface area (Å²) >= 11 is 0. The summed E-state index contributed by atoms with van der Waals surface area (Å²) < 4.78 is 7.27. The lowest BCUT2D eigenvalue weighted by Gasteiger charge is -2.17. The summed E-state index contributed by atoms with van der Waals surface area (Å²) in [7, 11) is 0. The summed E-state index contributed by atoms with van der Waals surface area (Å²) in [5.74, 6) is -0.631. The van der Waals surface area contributed by atoms with Gasteiger partial charge in [-0.25, -0.2) is 4.79 Å². The molecule has 27 heavy (non-hydrogen) atoms. The number of aromatic nitrogens is 1. The molecule has 1 amide bonds. The van der Waals surface area contributed by atoms with Crippen molar-refractivity contribution in [3.05, 3.63) is 58.5 Å². The van der Waals surface area contributed by atoms with E-state index in [1.807, 2.05) is 11.0 Å². The first-order chi connectivity index (χ1) is 13.0. The van der Waals surface area contributed by atoms with E-state index < -0.39 is 11.4 Å². The highest BCUT2D eigenvalue weighted by molar-refractivity contribution is 5.87. The van der Waals surface area contributed by atoms with Gasteiger partial charge in [0.15, 0.2) is 5.75 Å². The molecule has 1 aromatic heterocycles. The van der Waals surface area contributed by atoms with Gasteiger partial charge in [-0.15, -0.1) is 0 Å². The number of carbonyl (C=O) groups excluding carboxylic acids is 1. The van der Waals surface area contributed by atoms with Crippen LogP contribution in [0, 0.1) is 5.92 Å². The minimum absolute atomic E-state index is 0.0375. The number of amides is 1. The van der Waals surface area contributed by atoms with Gasteiger partial charge >= 0.3 is 5.97 Å². The summed E-state index contributed by atoms with van der Waals surface area (Å²) in [6.07, 6.45) is 5.42. The summed E-state index contributed by atoms with van der Waals surface area (Å²) in [5, 5.41) is 9.38. The van der Waals surface area contributed by atoms with E-state index in [9.17, 15) is 19.5 Å². The minimum atomic E-state index is -1.30. The molecule has 2 heterocycles. The number of carboxylic acids is 1. The molecule has 2 aromatic rings. The first-order valence-corrected chi connectivity index (χ1v) is 9.01. The molecule has 2 aliphatic rings. The van der Waals surface area contributed by atoms with Gasteiger partial charge < -0.3 is 19.3 Å². The highest BCUT2D eigenvalue weighted by Crippen LogP contribution is 2.33. The highest BCUT2D eigenvalue weighted by Gasteiger charge is 2.39. The van der Waals surface area contributed by atoms with Gasteiger partial charge in [0.1, 0.15) is 11.3 Å². The van der Waals surface area contributed by atoms with Gasteiger partial charge in [-0.05, 0) is 25.0 Å². The third-order valence-corrected chi connectivity index (χ3v) is 4.94. The molecule has 140 valence electrons. The van der Waals surface area contributed by atoms with Crippen LogP contribution < -0.4 is 10.2 Å². The van der Waals surface area contributed by atoms with Crippen molar-refractivity contribution in [2.24, 2.45) is 5.92 Å². The molecule has 7 heteroatoms. The van der Waals surface area contributed by atoms with Gasteiger partial charge in [0.05, 0.1) is 6.20 Å². The molecule has 0 bridgehead atoms. The summed E-state index contributed by atoms with van der Waals surface area (Å²) in [4.78, 5) is 38.0. The van der Waals surface area contributed by atoms with Crippen LogP contribution in [0.2, 0.25) is 0 Å². The zero-order valence-corrected chi connectivity index (χ0v) is 14.7. The number of carboxylic acid groups (broad SMARTS) is 1. The Morgan fingerprint density at radius 3 is 2.56 bits per heavy atom. The maximum Gasteiger partial charge on any atom is 0.341 e. The Morgan fingerprint density at radius 2 is 1.89 bits per heavy atom. The molecule has 4 rings (SSSR count). The van der Waals surface area contributed by atoms with Crippen LogP contribution in [0.25, 0.3) is 0 Å². The van der Waals surface area contributed by atoms with Crippen molar-refractivity contribution in [1.82, 2.24) is 9.47 Å². The molecule has 2 fully saturated rings. The lowest BCUT2D eigenvalue weighted by molar-refractivity contribution is -0.128. The van der Waals surface area contributed by atoms with Gasteiger partial charge in [0, 0.05) is 37.7 Å². The van der Waals surface area contributed by atoms with E-state index >= 15 is 0 Å². The van der Waals surface area contributed by atoms with Crippen molar-refractivity contribution in [3.8, 4) is 11.5 Å². The topological polar surface area (TPSA) is 88.8 Å². The number of likely N-dealkylation sites (tertiary alicyclic amines) is 1. The van der Waals surface area contributed by atoms with E-state index in [1.165, 1.54) is 12.4 Å². The number of nitrogens with zero attached hydrogens (tertiary/aromatic N) is 2. The molecule has 1 unspecified atom stereocenters. The third-order valence-electron chi connectivity index (χ3n) is 4.94. The second kappa shape index (κ2) is 6.90. The Hall–Kier alpha value is -3.09. The predicted molar refractivity (Wildman–Crippen MR) is 97.0 cm³/mol. The van der Waals surface area contributed by atoms with Crippen molar-refractivity contribution in [2.75, 3.05) is 6.54 Å². The van der Waals surface area contributed by atoms with E-state index in [-0.39, 0.29) is 23.1 Å². The van der Waals surface area contributed by atoms with Gasteiger partial charge in [0.2, 0.25) is 11.3 Å². The number of hydrogen-bond donors (Lipinski definition) is 1.